The third-order valence-electron chi connectivity index (χ3n) is 5.28. The highest BCUT2D eigenvalue weighted by Crippen LogP contribution is 2.25. The summed E-state index contributed by atoms with van der Waals surface area (Å²) < 4.78 is 27.6. The number of imide groups is 1. The minimum absolute atomic E-state index is 0.0582. The Morgan fingerprint density at radius 1 is 0.844 bits per heavy atom. The third kappa shape index (κ3) is 4.18. The topological polar surface area (TPSA) is 75.8 Å². The monoisotopic (exact) mass is 435 g/mol. The Morgan fingerprint density at radius 2 is 1.44 bits per heavy atom. The normalized spacial score (nSPS) is 18.6. The second-order valence-electron chi connectivity index (χ2n) is 7.47. The molecule has 0 spiro atoms. The number of amides is 3. The Hall–Kier alpha value is -3.75. The molecule has 3 aromatic rings. The van der Waals surface area contributed by atoms with E-state index < -0.39 is 34.7 Å². The number of rotatable bonds is 6. The molecule has 6 nitrogen and oxygen atoms in total. The summed E-state index contributed by atoms with van der Waals surface area (Å²) in [7, 11) is 0. The Balaban J connectivity index is 1.74. The zero-order valence-corrected chi connectivity index (χ0v) is 17.1. The van der Waals surface area contributed by atoms with Gasteiger partial charge >= 0.3 is 6.03 Å². The minimum Gasteiger partial charge on any atom is -0.266 e. The number of hydrogen-bond donors (Lipinski definition) is 1. The molecule has 3 aromatic carbocycles. The summed E-state index contributed by atoms with van der Waals surface area (Å²) in [5, 5.41) is 4.20. The van der Waals surface area contributed by atoms with Gasteiger partial charge in [-0.2, -0.15) is 4.90 Å². The van der Waals surface area contributed by atoms with E-state index in [0.29, 0.717) is 12.1 Å². The molecule has 0 fully saturated rings. The largest absolute Gasteiger partial charge is 0.476 e. The molecule has 2 N–H and O–H groups in total. The molecule has 0 bridgehead atoms. The van der Waals surface area contributed by atoms with Gasteiger partial charge in [0.25, 0.3) is 5.91 Å². The van der Waals surface area contributed by atoms with E-state index in [9.17, 15) is 18.4 Å². The number of nitrogens with zero attached hydrogens (tertiary/aromatic N) is 3. The van der Waals surface area contributed by atoms with Gasteiger partial charge in [-0.25, -0.2) is 13.6 Å². The van der Waals surface area contributed by atoms with E-state index in [1.807, 2.05) is 30.3 Å². The van der Waals surface area contributed by atoms with Crippen LogP contribution in [0.2, 0.25) is 0 Å². The van der Waals surface area contributed by atoms with Crippen molar-refractivity contribution in [2.75, 3.05) is 11.4 Å². The first-order valence-corrected chi connectivity index (χ1v) is 10.1. The van der Waals surface area contributed by atoms with E-state index in [1.54, 1.807) is 30.3 Å². The van der Waals surface area contributed by atoms with Gasteiger partial charge in [-0.05, 0) is 39.6 Å². The van der Waals surface area contributed by atoms with Crippen LogP contribution in [0.4, 0.5) is 19.3 Å². The summed E-state index contributed by atoms with van der Waals surface area (Å²) in [6, 6.07) is 20.3. The van der Waals surface area contributed by atoms with Crippen LogP contribution in [0.5, 0.6) is 0 Å². The van der Waals surface area contributed by atoms with E-state index in [2.05, 4.69) is 5.10 Å². The van der Waals surface area contributed by atoms with Gasteiger partial charge in [-0.1, -0.05) is 54.6 Å². The van der Waals surface area contributed by atoms with Crippen LogP contribution in [-0.2, 0) is 17.6 Å². The lowest BCUT2D eigenvalue weighted by molar-refractivity contribution is -0.868. The predicted molar refractivity (Wildman–Crippen MR) is 116 cm³/mol. The van der Waals surface area contributed by atoms with Crippen LogP contribution in [0, 0.1) is 11.6 Å². The van der Waals surface area contributed by atoms with Gasteiger partial charge in [0.15, 0.2) is 5.71 Å². The highest BCUT2D eigenvalue weighted by atomic mass is 19.1. The van der Waals surface area contributed by atoms with Crippen molar-refractivity contribution in [3.05, 3.63) is 102 Å². The number of carbonyl (C=O) groups is 2. The molecule has 0 aliphatic carbocycles. The van der Waals surface area contributed by atoms with Crippen molar-refractivity contribution in [2.24, 2.45) is 10.9 Å². The molecule has 162 valence electrons. The smallest absolute Gasteiger partial charge is 0.266 e. The van der Waals surface area contributed by atoms with Gasteiger partial charge in [0, 0.05) is 18.4 Å². The van der Waals surface area contributed by atoms with Crippen molar-refractivity contribution >= 4 is 23.3 Å². The van der Waals surface area contributed by atoms with Gasteiger partial charge in [-0.15, -0.1) is 5.84 Å². The lowest BCUT2D eigenvalue weighted by Crippen LogP contribution is -2.67. The number of benzene rings is 3. The minimum atomic E-state index is -0.944. The number of hydrogen-bond acceptors (Lipinski definition) is 4. The molecule has 0 unspecified atom stereocenters. The second-order valence-corrected chi connectivity index (χ2v) is 7.47. The molecule has 3 amide bonds. The number of nitrogens with two attached hydrogens (primary N) is 1. The number of quaternary nitrogens is 1. The van der Waals surface area contributed by atoms with Crippen molar-refractivity contribution in [3.8, 4) is 0 Å². The van der Waals surface area contributed by atoms with Crippen LogP contribution in [0.3, 0.4) is 0 Å². The van der Waals surface area contributed by atoms with Crippen molar-refractivity contribution in [1.82, 2.24) is 0 Å². The van der Waals surface area contributed by atoms with E-state index in [0.717, 1.165) is 22.6 Å². The van der Waals surface area contributed by atoms with Crippen LogP contribution >= 0.6 is 0 Å². The fraction of sp³-hybridized carbons (Fsp3) is 0.125. The van der Waals surface area contributed by atoms with Gasteiger partial charge < -0.3 is 0 Å². The zero-order chi connectivity index (χ0) is 22.7. The molecule has 1 aliphatic heterocycles. The average Bonchev–Trinajstić information content (AvgIpc) is 2.80. The lowest BCUT2D eigenvalue weighted by atomic mass is 10.1. The molecule has 1 heterocycles. The predicted octanol–water partition coefficient (Wildman–Crippen LogP) is 3.96. The Morgan fingerprint density at radius 3 is 2.06 bits per heavy atom. The SMILES string of the molecule is N[N@+]1(CCc2ccccc2)N=C(Cc2c(F)cccc2F)C(=O)N(c2ccccc2)C1=O. The first-order chi connectivity index (χ1) is 15.4. The summed E-state index contributed by atoms with van der Waals surface area (Å²) in [5.74, 6) is 4.01. The molecule has 0 aromatic heterocycles. The van der Waals surface area contributed by atoms with Crippen LogP contribution in [-0.4, -0.2) is 28.9 Å². The number of para-hydroxylation sites is 1. The Kier molecular flexibility index (Phi) is 5.89. The Bertz CT molecular complexity index is 1160. The number of carbonyl (C=O) groups excluding carboxylic acids is 2. The molecule has 0 saturated heterocycles. The number of halogens is 2. The summed E-state index contributed by atoms with van der Waals surface area (Å²) >= 11 is 0. The maximum atomic E-state index is 14.3. The first kappa shape index (κ1) is 21.5. The summed E-state index contributed by atoms with van der Waals surface area (Å²) in [4.78, 5) is 27.4. The van der Waals surface area contributed by atoms with Gasteiger partial charge in [0.05, 0.1) is 5.69 Å². The van der Waals surface area contributed by atoms with Crippen LogP contribution < -0.4 is 10.7 Å². The summed E-state index contributed by atoms with van der Waals surface area (Å²) in [5.41, 5.74) is 0.726. The fourth-order valence-electron chi connectivity index (χ4n) is 3.56. The Labute approximate surface area is 183 Å². The van der Waals surface area contributed by atoms with Crippen molar-refractivity contribution in [2.45, 2.75) is 12.8 Å². The average molecular weight is 435 g/mol. The second kappa shape index (κ2) is 8.78. The van der Waals surface area contributed by atoms with Crippen LogP contribution in [0.25, 0.3) is 0 Å². The highest BCUT2D eigenvalue weighted by molar-refractivity contribution is 6.48. The van der Waals surface area contributed by atoms with Crippen LogP contribution in [0.15, 0.2) is 84.0 Å². The highest BCUT2D eigenvalue weighted by Gasteiger charge is 2.49. The molecule has 4 rings (SSSR count). The summed E-state index contributed by atoms with van der Waals surface area (Å²) in [6.45, 7) is 0.0582. The third-order valence-corrected chi connectivity index (χ3v) is 5.28. The van der Waals surface area contributed by atoms with E-state index in [4.69, 9.17) is 5.84 Å². The quantitative estimate of drug-likeness (QED) is 0.362. The summed E-state index contributed by atoms with van der Waals surface area (Å²) in [6.07, 6.45) is -0.0266. The van der Waals surface area contributed by atoms with E-state index >= 15 is 0 Å². The molecular weight excluding hydrogens is 414 g/mol. The van der Waals surface area contributed by atoms with Crippen LogP contribution in [0.1, 0.15) is 11.1 Å². The number of urea groups is 1. The molecule has 0 saturated carbocycles. The van der Waals surface area contributed by atoms with E-state index in [1.165, 1.54) is 6.07 Å². The van der Waals surface area contributed by atoms with Crippen molar-refractivity contribution in [3.63, 3.8) is 0 Å². The van der Waals surface area contributed by atoms with E-state index in [-0.39, 0.29) is 17.8 Å². The first-order valence-electron chi connectivity index (χ1n) is 10.1. The molecule has 0 radical (unpaired) electrons. The molecule has 32 heavy (non-hydrogen) atoms. The standard InChI is InChI=1S/C24H21F2N4O2/c25-20-12-7-13-21(26)19(20)16-22-23(31)29(18-10-5-2-6-11-18)24(32)30(27,28-22)15-14-17-8-3-1-4-9-17/h1-13H,14-16,27H2/q+1/t30-/m1/s1. The van der Waals surface area contributed by atoms with Gasteiger partial charge in [0.2, 0.25) is 0 Å². The molecule has 1 aliphatic rings. The maximum Gasteiger partial charge on any atom is 0.476 e. The molecule has 1 atom stereocenters. The lowest BCUT2D eigenvalue weighted by Gasteiger charge is -2.33. The molecular formula is C24H21F2N4O2+. The van der Waals surface area contributed by atoms with Crippen molar-refractivity contribution < 1.29 is 23.1 Å². The number of anilines is 1. The van der Waals surface area contributed by atoms with Crippen molar-refractivity contribution in [1.29, 1.82) is 0 Å². The fourth-order valence-corrected chi connectivity index (χ4v) is 3.56. The van der Waals surface area contributed by atoms with Gasteiger partial charge in [0.1, 0.15) is 18.2 Å². The van der Waals surface area contributed by atoms with Gasteiger partial charge in [-0.3, -0.25) is 4.79 Å². The molecule has 8 heteroatoms. The maximum absolute atomic E-state index is 14.3. The zero-order valence-electron chi connectivity index (χ0n) is 17.1.